The van der Waals surface area contributed by atoms with E-state index in [1.807, 2.05) is 24.7 Å². The first-order valence-corrected chi connectivity index (χ1v) is 18.6. The fourth-order valence-electron chi connectivity index (χ4n) is 5.11. The number of hydrogen-bond donors (Lipinski definition) is 4. The number of aryl methyl sites for hydroxylation is 2. The van der Waals surface area contributed by atoms with Gasteiger partial charge in [0.05, 0.1) is 36.6 Å². The molecule has 15 heteroatoms. The molecule has 4 N–H and O–H groups in total. The average molecular weight is 735 g/mol. The fourth-order valence-corrected chi connectivity index (χ4v) is 6.82. The molecular formula is C36H58N6O8S. The zero-order chi connectivity index (χ0) is 38.2. The molecule has 1 aromatic heterocycles. The smallest absolute Gasteiger partial charge is 0.262 e. The Balaban J connectivity index is 0.00000213. The lowest BCUT2D eigenvalue weighted by Gasteiger charge is -2.32. The van der Waals surface area contributed by atoms with Crippen molar-refractivity contribution < 1.29 is 37.7 Å². The maximum atomic E-state index is 13.8. The summed E-state index contributed by atoms with van der Waals surface area (Å²) in [5, 5.41) is 28.1. The minimum Gasteiger partial charge on any atom is -0.497 e. The number of aliphatic hydroxyl groups excluding tert-OH is 1. The van der Waals surface area contributed by atoms with E-state index >= 15 is 0 Å². The van der Waals surface area contributed by atoms with E-state index in [-0.39, 0.29) is 23.8 Å². The van der Waals surface area contributed by atoms with Gasteiger partial charge in [-0.25, -0.2) is 13.9 Å². The molecule has 1 atom stereocenters. The maximum absolute atomic E-state index is 13.8. The largest absolute Gasteiger partial charge is 0.497 e. The van der Waals surface area contributed by atoms with Crippen molar-refractivity contribution in [1.29, 1.82) is 0 Å². The van der Waals surface area contributed by atoms with Crippen LogP contribution in [0.1, 0.15) is 79.0 Å². The molecule has 286 valence electrons. The highest BCUT2D eigenvalue weighted by Crippen LogP contribution is 2.28. The van der Waals surface area contributed by atoms with Crippen LogP contribution in [-0.4, -0.2) is 88.7 Å². The van der Waals surface area contributed by atoms with Crippen LogP contribution >= 0.6 is 0 Å². The number of aliphatic hydroxyl groups is 1. The van der Waals surface area contributed by atoms with Gasteiger partial charge in [0, 0.05) is 25.7 Å². The Morgan fingerprint density at radius 3 is 2.14 bits per heavy atom. The molecule has 0 aliphatic rings. The monoisotopic (exact) mass is 734 g/mol. The molecule has 0 spiro atoms. The highest BCUT2D eigenvalue weighted by atomic mass is 32.2. The molecular weight excluding hydrogens is 676 g/mol. The van der Waals surface area contributed by atoms with Crippen molar-refractivity contribution >= 4 is 15.9 Å². The number of nitrogens with zero attached hydrogens (tertiary/aromatic N) is 4. The average Bonchev–Trinajstić information content (AvgIpc) is 3.55. The van der Waals surface area contributed by atoms with E-state index in [1.165, 1.54) is 19.2 Å². The molecule has 1 amide bonds. The van der Waals surface area contributed by atoms with Crippen LogP contribution in [0, 0.1) is 5.92 Å². The first-order chi connectivity index (χ1) is 24.0. The summed E-state index contributed by atoms with van der Waals surface area (Å²) in [5.74, 6) is -0.136. The van der Waals surface area contributed by atoms with Gasteiger partial charge in [-0.3, -0.25) is 20.0 Å². The van der Waals surface area contributed by atoms with E-state index in [0.29, 0.717) is 30.1 Å². The third kappa shape index (κ3) is 14.2. The molecule has 3 rings (SSSR count). The van der Waals surface area contributed by atoms with Gasteiger partial charge in [0.1, 0.15) is 23.1 Å². The predicted molar refractivity (Wildman–Crippen MR) is 195 cm³/mol. The van der Waals surface area contributed by atoms with E-state index < -0.39 is 33.5 Å². The summed E-state index contributed by atoms with van der Waals surface area (Å²) in [4.78, 5) is 12.7. The molecule has 0 unspecified atom stereocenters. The third-order valence-electron chi connectivity index (χ3n) is 8.03. The molecule has 0 radical (unpaired) electrons. The van der Waals surface area contributed by atoms with E-state index in [1.54, 1.807) is 62.8 Å². The quantitative estimate of drug-likeness (QED) is 0.0728. The number of carbonyl (C=O) groups excluding carboxylic acids is 1. The molecule has 0 bridgehead atoms. The molecule has 0 fully saturated rings. The summed E-state index contributed by atoms with van der Waals surface area (Å²) in [6.07, 6.45) is 5.38. The van der Waals surface area contributed by atoms with E-state index in [9.17, 15) is 18.4 Å². The number of ether oxygens (including phenoxy) is 3. The number of benzene rings is 2. The van der Waals surface area contributed by atoms with Crippen LogP contribution in [0.2, 0.25) is 0 Å². The van der Waals surface area contributed by atoms with Crippen LogP contribution in [0.4, 0.5) is 0 Å². The molecule has 51 heavy (non-hydrogen) atoms. The second kappa shape index (κ2) is 20.4. The van der Waals surface area contributed by atoms with Gasteiger partial charge in [-0.2, -0.15) is 4.31 Å². The molecule has 0 saturated carbocycles. The summed E-state index contributed by atoms with van der Waals surface area (Å²) >= 11 is 0. The van der Waals surface area contributed by atoms with Crippen molar-refractivity contribution in [2.75, 3.05) is 27.5 Å². The van der Waals surface area contributed by atoms with Gasteiger partial charge in [0.15, 0.2) is 0 Å². The van der Waals surface area contributed by atoms with Gasteiger partial charge in [0.2, 0.25) is 10.0 Å². The van der Waals surface area contributed by atoms with Gasteiger partial charge >= 0.3 is 0 Å². The predicted octanol–water partition coefficient (Wildman–Crippen LogP) is 4.55. The van der Waals surface area contributed by atoms with Gasteiger partial charge in [0.25, 0.3) is 5.91 Å². The molecule has 3 aromatic rings. The summed E-state index contributed by atoms with van der Waals surface area (Å²) in [5.41, 5.74) is 2.39. The summed E-state index contributed by atoms with van der Waals surface area (Å²) in [6, 6.07) is 11.9. The number of rotatable bonds is 20. The Hall–Kier alpha value is -3.60. The van der Waals surface area contributed by atoms with E-state index in [2.05, 4.69) is 36.4 Å². The number of hydroxylamine groups is 1. The zero-order valence-corrected chi connectivity index (χ0v) is 32.4. The summed E-state index contributed by atoms with van der Waals surface area (Å²) in [7, 11) is -0.982. The Morgan fingerprint density at radius 2 is 1.61 bits per heavy atom. The number of amides is 1. The van der Waals surface area contributed by atoms with E-state index in [0.717, 1.165) is 35.8 Å². The molecule has 1 heterocycles. The summed E-state index contributed by atoms with van der Waals surface area (Å²) < 4.78 is 48.4. The van der Waals surface area contributed by atoms with Crippen LogP contribution in [0.25, 0.3) is 0 Å². The van der Waals surface area contributed by atoms with Gasteiger partial charge < -0.3 is 19.3 Å². The summed E-state index contributed by atoms with van der Waals surface area (Å²) in [6.45, 7) is 14.9. The Morgan fingerprint density at radius 1 is 1.00 bits per heavy atom. The minimum absolute atomic E-state index is 0.00120. The zero-order valence-electron chi connectivity index (χ0n) is 31.5. The Labute approximate surface area is 303 Å². The minimum atomic E-state index is -4.15. The van der Waals surface area contributed by atoms with Crippen LogP contribution in [-0.2, 0) is 39.1 Å². The number of nitrogens with one attached hydrogen (secondary N) is 2. The SMILES string of the molecule is CCCc1cn(CCC(C)(C)OCCC(C)(C)Oc2ccc(CN([C@@H](C(=O)NO)C(C)C)S(=O)(=O)c3ccc(OC)cc3)cc2)nn1.CNCO. The molecule has 2 aromatic carbocycles. The van der Waals surface area contributed by atoms with Crippen LogP contribution in [0.3, 0.4) is 0 Å². The number of carbonyl (C=O) groups is 1. The van der Waals surface area contributed by atoms with E-state index in [4.69, 9.17) is 19.3 Å². The Bertz CT molecular complexity index is 1560. The lowest BCUT2D eigenvalue weighted by molar-refractivity contribution is -0.134. The second-order valence-corrected chi connectivity index (χ2v) is 15.6. The van der Waals surface area contributed by atoms with Crippen molar-refractivity contribution in [2.24, 2.45) is 5.92 Å². The van der Waals surface area contributed by atoms with Crippen molar-refractivity contribution in [2.45, 2.75) is 109 Å². The highest BCUT2D eigenvalue weighted by Gasteiger charge is 2.38. The first kappa shape index (κ1) is 43.6. The van der Waals surface area contributed by atoms with Gasteiger partial charge in [-0.1, -0.05) is 44.5 Å². The lowest BCUT2D eigenvalue weighted by Crippen LogP contribution is -2.51. The van der Waals surface area contributed by atoms with Crippen molar-refractivity contribution in [1.82, 2.24) is 30.1 Å². The lowest BCUT2D eigenvalue weighted by atomic mass is 10.0. The molecule has 14 nitrogen and oxygen atoms in total. The Kier molecular flexibility index (Phi) is 17.5. The normalized spacial score (nSPS) is 12.7. The molecule has 0 aliphatic carbocycles. The van der Waals surface area contributed by atoms with Crippen molar-refractivity contribution in [3.63, 3.8) is 0 Å². The van der Waals surface area contributed by atoms with Crippen LogP contribution < -0.4 is 20.3 Å². The topological polar surface area (TPSA) is 177 Å². The second-order valence-electron chi connectivity index (χ2n) is 13.7. The maximum Gasteiger partial charge on any atom is 0.262 e. The standard InChI is InChI=1S/C34H51N5O7S.C2H7NO/c1-9-10-27-24-38(37-35-27)21-19-33(4,5)45-22-20-34(6,7)46-29-13-11-26(12-14-29)23-39(31(25(2)3)32(40)36-41)47(42,43)30-17-15-28(44-8)16-18-30;1-3-2-4/h11-18,24-25,31,41H,9-10,19-23H2,1-8H3,(H,36,40);3-4H,2H2,1H3/t31-;/m1./s1. The number of hydrogen-bond acceptors (Lipinski definition) is 11. The molecule has 0 saturated heterocycles. The number of methoxy groups -OCH3 is 1. The van der Waals surface area contributed by atoms with Gasteiger partial charge in [-0.15, -0.1) is 5.10 Å². The van der Waals surface area contributed by atoms with Crippen LogP contribution in [0.5, 0.6) is 11.5 Å². The fraction of sp³-hybridized carbons (Fsp3) is 0.583. The molecule has 0 aliphatic heterocycles. The highest BCUT2D eigenvalue weighted by molar-refractivity contribution is 7.89. The number of sulfonamides is 1. The van der Waals surface area contributed by atoms with Crippen LogP contribution in [0.15, 0.2) is 59.6 Å². The van der Waals surface area contributed by atoms with Crippen molar-refractivity contribution in [3.8, 4) is 11.5 Å². The van der Waals surface area contributed by atoms with Crippen molar-refractivity contribution in [3.05, 3.63) is 66.0 Å². The number of aromatic nitrogens is 3. The third-order valence-corrected chi connectivity index (χ3v) is 9.87. The van der Waals surface area contributed by atoms with Gasteiger partial charge in [-0.05, 0) is 95.5 Å². The first-order valence-electron chi connectivity index (χ1n) is 17.2.